The van der Waals surface area contributed by atoms with E-state index in [9.17, 15) is 9.59 Å². The van der Waals surface area contributed by atoms with E-state index in [1.54, 1.807) is 39.1 Å². The summed E-state index contributed by atoms with van der Waals surface area (Å²) in [7, 11) is -2.25. The zero-order valence-electron chi connectivity index (χ0n) is 17.0. The summed E-state index contributed by atoms with van der Waals surface area (Å²) in [6.07, 6.45) is 0.682. The molecule has 0 aromatic carbocycles. The second-order valence-corrected chi connectivity index (χ2v) is 13.5. The van der Waals surface area contributed by atoms with Crippen LogP contribution < -0.4 is 0 Å². The van der Waals surface area contributed by atoms with E-state index in [-0.39, 0.29) is 17.0 Å². The van der Waals surface area contributed by atoms with Gasteiger partial charge in [-0.1, -0.05) is 26.8 Å². The summed E-state index contributed by atoms with van der Waals surface area (Å²) in [5, 5.41) is -0.0657. The molecule has 6 nitrogen and oxygen atoms in total. The van der Waals surface area contributed by atoms with Gasteiger partial charge in [-0.2, -0.15) is 0 Å². The topological polar surface area (TPSA) is 68.7 Å². The number of ether oxygens (including phenoxy) is 1. The summed E-state index contributed by atoms with van der Waals surface area (Å²) in [4.78, 5) is 31.0. The number of hydrogen-bond acceptors (Lipinski definition) is 5. The van der Waals surface area contributed by atoms with E-state index >= 15 is 0 Å². The van der Waals surface area contributed by atoms with Gasteiger partial charge in [0.05, 0.1) is 11.8 Å². The van der Waals surface area contributed by atoms with Crippen LogP contribution in [0.4, 0.5) is 4.79 Å². The van der Waals surface area contributed by atoms with Gasteiger partial charge in [-0.15, -0.1) is 0 Å². The van der Waals surface area contributed by atoms with Crippen LogP contribution >= 0.6 is 0 Å². The maximum Gasteiger partial charge on any atom is 0.417 e. The molecule has 26 heavy (non-hydrogen) atoms. The van der Waals surface area contributed by atoms with Gasteiger partial charge in [0.1, 0.15) is 6.04 Å². The minimum absolute atomic E-state index is 0.0657. The lowest BCUT2D eigenvalue weighted by Crippen LogP contribution is -2.72. The molecular formula is C19H30N2O4Si. The van der Waals surface area contributed by atoms with Gasteiger partial charge in [-0.25, -0.2) is 9.69 Å². The molecule has 1 saturated heterocycles. The number of imide groups is 1. The van der Waals surface area contributed by atoms with Crippen LogP contribution in [0.25, 0.3) is 0 Å². The first-order valence-corrected chi connectivity index (χ1v) is 11.9. The second-order valence-electron chi connectivity index (χ2n) is 8.73. The molecule has 144 valence electrons. The molecule has 1 aromatic heterocycles. The molecule has 0 unspecified atom stereocenters. The lowest BCUT2D eigenvalue weighted by atomic mass is 9.82. The molecule has 1 aromatic rings. The van der Waals surface area contributed by atoms with E-state index in [2.05, 4.69) is 38.8 Å². The number of hydrogen-bond donors (Lipinski definition) is 0. The van der Waals surface area contributed by atoms with E-state index < -0.39 is 26.1 Å². The number of aromatic nitrogens is 1. The Hall–Kier alpha value is -1.73. The van der Waals surface area contributed by atoms with Crippen LogP contribution in [-0.4, -0.2) is 41.9 Å². The number of likely N-dealkylation sites (tertiary alicyclic amines) is 1. The van der Waals surface area contributed by atoms with Crippen molar-refractivity contribution in [3.8, 4) is 0 Å². The molecule has 2 atom stereocenters. The number of carbonyl (C=O) groups excluding carboxylic acids is 2. The van der Waals surface area contributed by atoms with Gasteiger partial charge in [0.2, 0.25) is 0 Å². The number of amides is 2. The van der Waals surface area contributed by atoms with Crippen LogP contribution in [0.3, 0.4) is 0 Å². The van der Waals surface area contributed by atoms with Crippen molar-refractivity contribution >= 4 is 20.3 Å². The van der Waals surface area contributed by atoms with Crippen molar-refractivity contribution in [2.75, 3.05) is 0 Å². The van der Waals surface area contributed by atoms with Crippen LogP contribution in [0.2, 0.25) is 18.1 Å². The van der Waals surface area contributed by atoms with Crippen molar-refractivity contribution < 1.29 is 18.8 Å². The highest BCUT2D eigenvalue weighted by molar-refractivity contribution is 6.74. The summed E-state index contributed by atoms with van der Waals surface area (Å²) >= 11 is 0. The highest BCUT2D eigenvalue weighted by Gasteiger charge is 2.65. The monoisotopic (exact) mass is 378 g/mol. The quantitative estimate of drug-likeness (QED) is 0.577. The number of rotatable bonds is 4. The summed E-state index contributed by atoms with van der Waals surface area (Å²) in [6.45, 7) is 15.8. The van der Waals surface area contributed by atoms with Crippen molar-refractivity contribution in [3.63, 3.8) is 0 Å². The van der Waals surface area contributed by atoms with Crippen LogP contribution in [0, 0.1) is 0 Å². The Morgan fingerprint density at radius 2 is 1.92 bits per heavy atom. The van der Waals surface area contributed by atoms with Crippen LogP contribution in [0.15, 0.2) is 24.4 Å². The molecular weight excluding hydrogens is 348 g/mol. The molecule has 0 saturated carbocycles. The molecule has 0 bridgehead atoms. The highest BCUT2D eigenvalue weighted by Crippen LogP contribution is 2.50. The normalized spacial score (nSPS) is 23.8. The van der Waals surface area contributed by atoms with Crippen LogP contribution in [-0.2, 0) is 14.0 Å². The van der Waals surface area contributed by atoms with E-state index in [1.807, 2.05) is 6.07 Å². The zero-order chi connectivity index (χ0) is 19.9. The smallest absolute Gasteiger partial charge is 0.417 e. The number of pyridine rings is 1. The minimum Gasteiger partial charge on any atom is -0.446 e. The molecule has 1 aliphatic heterocycles. The van der Waals surface area contributed by atoms with Gasteiger partial charge in [0.25, 0.3) is 5.91 Å². The molecule has 1 aliphatic rings. The number of β-lactam (4-membered cyclic amide) rings is 1. The van der Waals surface area contributed by atoms with E-state index in [0.717, 1.165) is 4.90 Å². The Labute approximate surface area is 157 Å². The van der Waals surface area contributed by atoms with Crippen molar-refractivity contribution in [3.05, 3.63) is 30.1 Å². The molecule has 0 radical (unpaired) electrons. The number of nitrogens with zero attached hydrogens (tertiary/aromatic N) is 2. The third-order valence-electron chi connectivity index (χ3n) is 5.20. The largest absolute Gasteiger partial charge is 0.446 e. The zero-order valence-corrected chi connectivity index (χ0v) is 18.0. The average Bonchev–Trinajstić information content (AvgIpc) is 2.50. The van der Waals surface area contributed by atoms with Gasteiger partial charge in [0.15, 0.2) is 13.9 Å². The van der Waals surface area contributed by atoms with Crippen molar-refractivity contribution in [2.45, 2.75) is 77.4 Å². The van der Waals surface area contributed by atoms with Crippen molar-refractivity contribution in [1.82, 2.24) is 9.88 Å². The van der Waals surface area contributed by atoms with Gasteiger partial charge in [0, 0.05) is 6.20 Å². The fourth-order valence-electron chi connectivity index (χ4n) is 2.84. The summed E-state index contributed by atoms with van der Waals surface area (Å²) in [5.74, 6) is -0.372. The first kappa shape index (κ1) is 20.6. The first-order chi connectivity index (χ1) is 11.8. The van der Waals surface area contributed by atoms with Crippen molar-refractivity contribution in [2.24, 2.45) is 0 Å². The molecule has 0 spiro atoms. The van der Waals surface area contributed by atoms with E-state index in [1.165, 1.54) is 0 Å². The predicted molar refractivity (Wildman–Crippen MR) is 102 cm³/mol. The van der Waals surface area contributed by atoms with E-state index in [4.69, 9.17) is 9.16 Å². The maximum absolute atomic E-state index is 13.0. The Kier molecular flexibility index (Phi) is 5.36. The van der Waals surface area contributed by atoms with Gasteiger partial charge >= 0.3 is 6.09 Å². The second kappa shape index (κ2) is 6.77. The highest BCUT2D eigenvalue weighted by atomic mass is 28.4. The fraction of sp³-hybridized carbons (Fsp3) is 0.632. The molecule has 0 aliphatic carbocycles. The third-order valence-corrected chi connectivity index (χ3v) is 9.74. The van der Waals surface area contributed by atoms with Crippen LogP contribution in [0.5, 0.6) is 0 Å². The maximum atomic E-state index is 13.0. The Balaban J connectivity index is 2.42. The van der Waals surface area contributed by atoms with E-state index in [0.29, 0.717) is 5.69 Å². The fourth-order valence-corrected chi connectivity index (χ4v) is 4.40. The molecule has 2 amide bonds. The molecule has 2 rings (SSSR count). The SMILES string of the molecule is CC(C)OC(=O)N1C(=O)[C@](C)(O[Si](C)(C)C(C)(C)C)[C@@H]1c1ccccn1. The standard InChI is InChI=1S/C19H30N2O4Si/c1-13(2)24-17(23)21-15(14-11-9-10-12-20-14)19(6,16(21)22)25-26(7,8)18(3,4)5/h9-13,15H,1-8H3/t15-,19+/m0/s1. The van der Waals surface area contributed by atoms with Gasteiger partial charge in [-0.3, -0.25) is 9.78 Å². The predicted octanol–water partition coefficient (Wildman–Crippen LogP) is 4.29. The molecule has 1 fully saturated rings. The van der Waals surface area contributed by atoms with Crippen LogP contribution in [0.1, 0.15) is 53.3 Å². The first-order valence-electron chi connectivity index (χ1n) is 8.96. The summed E-state index contributed by atoms with van der Waals surface area (Å²) < 4.78 is 11.8. The minimum atomic E-state index is -2.25. The van der Waals surface area contributed by atoms with Gasteiger partial charge in [-0.05, 0) is 51.0 Å². The summed E-state index contributed by atoms with van der Waals surface area (Å²) in [6, 6.07) is 4.84. The molecule has 2 heterocycles. The summed E-state index contributed by atoms with van der Waals surface area (Å²) in [5.41, 5.74) is -0.512. The Morgan fingerprint density at radius 1 is 1.31 bits per heavy atom. The van der Waals surface area contributed by atoms with Crippen molar-refractivity contribution in [1.29, 1.82) is 0 Å². The lowest BCUT2D eigenvalue weighted by molar-refractivity contribution is -0.181. The molecule has 0 N–H and O–H groups in total. The van der Waals surface area contributed by atoms with Gasteiger partial charge < -0.3 is 9.16 Å². The average molecular weight is 379 g/mol. The number of carbonyl (C=O) groups is 2. The Bertz CT molecular complexity index is 685. The Morgan fingerprint density at radius 3 is 2.38 bits per heavy atom. The third kappa shape index (κ3) is 3.55. The lowest BCUT2D eigenvalue weighted by Gasteiger charge is -2.55. The molecule has 7 heteroatoms.